The molecule has 0 aromatic heterocycles. The van der Waals surface area contributed by atoms with Crippen LogP contribution < -0.4 is 15.5 Å². The summed E-state index contributed by atoms with van der Waals surface area (Å²) in [5.74, 6) is -0.775. The third kappa shape index (κ3) is 13.0. The first-order chi connectivity index (χ1) is 19.7. The van der Waals surface area contributed by atoms with Gasteiger partial charge in [-0.15, -0.1) is 11.8 Å². The van der Waals surface area contributed by atoms with E-state index < -0.39 is 41.3 Å². The van der Waals surface area contributed by atoms with Crippen LogP contribution in [0.25, 0.3) is 0 Å². The predicted molar refractivity (Wildman–Crippen MR) is 165 cm³/mol. The summed E-state index contributed by atoms with van der Waals surface area (Å²) < 4.78 is 16.1. The largest absolute Gasteiger partial charge is 0.465 e. The average molecular weight is 608 g/mol. The first kappa shape index (κ1) is 35.4. The van der Waals surface area contributed by atoms with E-state index in [0.29, 0.717) is 24.4 Å². The van der Waals surface area contributed by atoms with E-state index in [-0.39, 0.29) is 19.1 Å². The Balaban J connectivity index is 1.96. The summed E-state index contributed by atoms with van der Waals surface area (Å²) in [6.07, 6.45) is 4.48. The molecule has 0 saturated heterocycles. The van der Waals surface area contributed by atoms with Crippen LogP contribution in [-0.4, -0.2) is 72.7 Å². The van der Waals surface area contributed by atoms with Crippen LogP contribution in [0.1, 0.15) is 87.0 Å². The quantitative estimate of drug-likeness (QED) is 0.166. The number of rotatable bonds is 14. The highest BCUT2D eigenvalue weighted by molar-refractivity contribution is 7.99. The molecule has 0 bridgehead atoms. The second-order valence-electron chi connectivity index (χ2n) is 12.3. The Morgan fingerprint density at radius 3 is 2.29 bits per heavy atom. The molecule has 1 aromatic rings. The highest BCUT2D eigenvalue weighted by Crippen LogP contribution is 2.34. The van der Waals surface area contributed by atoms with Crippen LogP contribution in [0, 0.1) is 0 Å². The van der Waals surface area contributed by atoms with Gasteiger partial charge in [-0.3, -0.25) is 24.6 Å². The van der Waals surface area contributed by atoms with Crippen molar-refractivity contribution < 1.29 is 33.4 Å². The van der Waals surface area contributed by atoms with Gasteiger partial charge in [0.1, 0.15) is 23.8 Å². The summed E-state index contributed by atoms with van der Waals surface area (Å²) in [5, 5.41) is 6.02. The minimum atomic E-state index is -0.696. The van der Waals surface area contributed by atoms with Crippen LogP contribution in [0.3, 0.4) is 0 Å². The lowest BCUT2D eigenvalue weighted by molar-refractivity contribution is -0.154. The Morgan fingerprint density at radius 2 is 1.62 bits per heavy atom. The van der Waals surface area contributed by atoms with Crippen LogP contribution in [0.2, 0.25) is 0 Å². The molecule has 1 aliphatic heterocycles. The number of carbonyl (C=O) groups is 4. The molecule has 0 unspecified atom stereocenters. The monoisotopic (exact) mass is 607 g/mol. The molecular weight excluding hydrogens is 558 g/mol. The Kier molecular flexibility index (Phi) is 14.1. The third-order valence-corrected chi connectivity index (χ3v) is 7.30. The number of para-hydroxylation sites is 1. The number of anilines is 1. The number of unbranched alkanes of at least 4 members (excludes halogenated alkanes) is 4. The maximum atomic E-state index is 13.8. The van der Waals surface area contributed by atoms with Gasteiger partial charge < -0.3 is 19.5 Å². The predicted octanol–water partition coefficient (Wildman–Crippen LogP) is 5.22. The van der Waals surface area contributed by atoms with Crippen molar-refractivity contribution in [2.24, 2.45) is 0 Å². The number of alkyl carbamates (subject to hydrolysis) is 1. The minimum absolute atomic E-state index is 0.223. The molecule has 1 aliphatic rings. The molecule has 11 heteroatoms. The minimum Gasteiger partial charge on any atom is -0.465 e. The van der Waals surface area contributed by atoms with Crippen molar-refractivity contribution >= 4 is 41.4 Å². The number of ether oxygens (including phenoxy) is 3. The van der Waals surface area contributed by atoms with Crippen molar-refractivity contribution in [2.45, 2.75) is 115 Å². The number of amides is 2. The Hall–Kier alpha value is -2.79. The van der Waals surface area contributed by atoms with Crippen molar-refractivity contribution in [3.8, 4) is 0 Å². The molecule has 2 amide bonds. The zero-order valence-corrected chi connectivity index (χ0v) is 27.1. The Morgan fingerprint density at radius 1 is 0.976 bits per heavy atom. The summed E-state index contributed by atoms with van der Waals surface area (Å²) in [5.41, 5.74) is -0.549. The van der Waals surface area contributed by atoms with Gasteiger partial charge in [0.25, 0.3) is 0 Å². The number of nitrogens with one attached hydrogen (secondary N) is 2. The van der Waals surface area contributed by atoms with Crippen molar-refractivity contribution in [3.63, 3.8) is 0 Å². The number of carbonyl (C=O) groups excluding carboxylic acids is 4. The number of nitrogens with zero attached hydrogens (tertiary/aromatic N) is 1. The standard InChI is InChI=1S/C31H49N3O7S/c1-8-39-28(37)22(16-12-10-9-11-15-19-32-29(38)41-31(5,6)7)33-23-21-42-25-18-14-13-17-24(25)34(27(23)36)20-26(35)40-30(2,3)4/h13-14,17-18,22-23,33H,8-12,15-16,19-21H2,1-7H3,(H,32,38)/t22-,23-/m0/s1. The summed E-state index contributed by atoms with van der Waals surface area (Å²) in [6, 6.07) is 6.11. The molecule has 42 heavy (non-hydrogen) atoms. The van der Waals surface area contributed by atoms with Crippen LogP contribution in [-0.2, 0) is 28.6 Å². The van der Waals surface area contributed by atoms with Gasteiger partial charge in [0.15, 0.2) is 0 Å². The van der Waals surface area contributed by atoms with E-state index in [2.05, 4.69) is 10.6 Å². The van der Waals surface area contributed by atoms with Crippen molar-refractivity contribution in [3.05, 3.63) is 24.3 Å². The first-order valence-corrected chi connectivity index (χ1v) is 15.8. The number of fused-ring (bicyclic) bond motifs is 1. The summed E-state index contributed by atoms with van der Waals surface area (Å²) >= 11 is 1.51. The number of benzene rings is 1. The smallest absolute Gasteiger partial charge is 0.407 e. The van der Waals surface area contributed by atoms with E-state index in [1.807, 2.05) is 45.0 Å². The van der Waals surface area contributed by atoms with Gasteiger partial charge in [-0.25, -0.2) is 4.79 Å². The molecule has 236 valence electrons. The Labute approximate surface area is 255 Å². The van der Waals surface area contributed by atoms with Gasteiger partial charge >= 0.3 is 18.0 Å². The lowest BCUT2D eigenvalue weighted by Crippen LogP contribution is -2.54. The molecule has 2 N–H and O–H groups in total. The molecule has 2 rings (SSSR count). The fourth-order valence-corrected chi connectivity index (χ4v) is 5.49. The summed E-state index contributed by atoms with van der Waals surface area (Å²) in [4.78, 5) is 53.5. The van der Waals surface area contributed by atoms with Gasteiger partial charge in [0, 0.05) is 17.2 Å². The second kappa shape index (κ2) is 16.7. The molecule has 1 heterocycles. The lowest BCUT2D eigenvalue weighted by atomic mass is 10.0. The number of esters is 2. The van der Waals surface area contributed by atoms with E-state index in [1.54, 1.807) is 27.7 Å². The topological polar surface area (TPSA) is 123 Å². The summed E-state index contributed by atoms with van der Waals surface area (Å²) in [7, 11) is 0. The van der Waals surface area contributed by atoms with Crippen LogP contribution >= 0.6 is 11.8 Å². The zero-order valence-electron chi connectivity index (χ0n) is 26.2. The highest BCUT2D eigenvalue weighted by atomic mass is 32.2. The van der Waals surface area contributed by atoms with Crippen molar-refractivity contribution in [2.75, 3.05) is 30.3 Å². The molecule has 0 aliphatic carbocycles. The number of hydrogen-bond donors (Lipinski definition) is 2. The van der Waals surface area contributed by atoms with E-state index in [0.717, 1.165) is 37.0 Å². The van der Waals surface area contributed by atoms with Gasteiger partial charge in [0.05, 0.1) is 18.3 Å². The molecule has 1 aromatic carbocycles. The van der Waals surface area contributed by atoms with Crippen LogP contribution in [0.4, 0.5) is 10.5 Å². The van der Waals surface area contributed by atoms with Gasteiger partial charge in [-0.1, -0.05) is 37.8 Å². The second-order valence-corrected chi connectivity index (χ2v) is 13.4. The molecule has 0 saturated carbocycles. The van der Waals surface area contributed by atoms with E-state index in [9.17, 15) is 19.2 Å². The van der Waals surface area contributed by atoms with Crippen LogP contribution in [0.15, 0.2) is 29.2 Å². The van der Waals surface area contributed by atoms with Gasteiger partial charge in [-0.05, 0) is 73.4 Å². The van der Waals surface area contributed by atoms with Gasteiger partial charge in [0.2, 0.25) is 5.91 Å². The van der Waals surface area contributed by atoms with E-state index in [4.69, 9.17) is 14.2 Å². The fourth-order valence-electron chi connectivity index (χ4n) is 4.40. The number of thioether (sulfide) groups is 1. The van der Waals surface area contributed by atoms with Crippen LogP contribution in [0.5, 0.6) is 0 Å². The van der Waals surface area contributed by atoms with E-state index in [1.165, 1.54) is 16.7 Å². The molecular formula is C31H49N3O7S. The molecule has 0 spiro atoms. The average Bonchev–Trinajstić information content (AvgIpc) is 2.99. The Bertz CT molecular complexity index is 1050. The number of hydrogen-bond acceptors (Lipinski definition) is 9. The third-order valence-electron chi connectivity index (χ3n) is 6.14. The maximum Gasteiger partial charge on any atom is 0.407 e. The molecule has 0 fully saturated rings. The van der Waals surface area contributed by atoms with Gasteiger partial charge in [-0.2, -0.15) is 0 Å². The zero-order chi connectivity index (χ0) is 31.3. The van der Waals surface area contributed by atoms with E-state index >= 15 is 0 Å². The lowest BCUT2D eigenvalue weighted by Gasteiger charge is -2.28. The fraction of sp³-hybridized carbons (Fsp3) is 0.677. The first-order valence-electron chi connectivity index (χ1n) is 14.8. The molecule has 10 nitrogen and oxygen atoms in total. The van der Waals surface area contributed by atoms with Crippen molar-refractivity contribution in [1.82, 2.24) is 10.6 Å². The molecule has 0 radical (unpaired) electrons. The maximum absolute atomic E-state index is 13.8. The SMILES string of the molecule is CCOC(=O)[C@H](CCCCCCCNC(=O)OC(C)(C)C)N[C@H]1CSc2ccccc2N(CC(=O)OC(C)(C)C)C1=O. The highest BCUT2D eigenvalue weighted by Gasteiger charge is 2.35. The normalized spacial score (nSPS) is 16.2. The van der Waals surface area contributed by atoms with Crippen molar-refractivity contribution in [1.29, 1.82) is 0 Å². The summed E-state index contributed by atoms with van der Waals surface area (Å²) in [6.45, 7) is 13.2. The molecule has 2 atom stereocenters.